The van der Waals surface area contributed by atoms with Crippen molar-refractivity contribution in [3.8, 4) is 0 Å². The number of rotatable bonds is 10. The van der Waals surface area contributed by atoms with Crippen LogP contribution in [0.2, 0.25) is 0 Å². The van der Waals surface area contributed by atoms with Crippen molar-refractivity contribution in [3.05, 3.63) is 0 Å². The summed E-state index contributed by atoms with van der Waals surface area (Å²) >= 11 is 0. The van der Waals surface area contributed by atoms with Crippen LogP contribution in [0.4, 0.5) is 0 Å². The van der Waals surface area contributed by atoms with Gasteiger partial charge in [0.15, 0.2) is 18.5 Å². The molecule has 0 spiro atoms. The molecule has 0 radical (unpaired) electrons. The van der Waals surface area contributed by atoms with Gasteiger partial charge >= 0.3 is 11.9 Å². The minimum atomic E-state index is -1.51. The van der Waals surface area contributed by atoms with Crippen molar-refractivity contribution < 1.29 is 38.4 Å². The van der Waals surface area contributed by atoms with E-state index in [-0.39, 0.29) is 0 Å². The van der Waals surface area contributed by atoms with Crippen LogP contribution in [0.1, 0.15) is 46.5 Å². The first-order chi connectivity index (χ1) is 12.0. The molecule has 1 rings (SSSR count). The fourth-order valence-corrected chi connectivity index (χ4v) is 2.55. The van der Waals surface area contributed by atoms with Crippen LogP contribution >= 0.6 is 0 Å². The lowest BCUT2D eigenvalue weighted by atomic mass is 9.97. The predicted molar refractivity (Wildman–Crippen MR) is 87.7 cm³/mol. The summed E-state index contributed by atoms with van der Waals surface area (Å²) in [5.41, 5.74) is 0. The van der Waals surface area contributed by atoms with Gasteiger partial charge in [0.05, 0.1) is 7.11 Å². The number of methoxy groups -OCH3 is 1. The van der Waals surface area contributed by atoms with Gasteiger partial charge in [-0.1, -0.05) is 26.7 Å². The van der Waals surface area contributed by atoms with Crippen LogP contribution in [0.25, 0.3) is 0 Å². The third-order valence-electron chi connectivity index (χ3n) is 3.86. The molecule has 1 N–H and O–H groups in total. The highest BCUT2D eigenvalue weighted by Crippen LogP contribution is 2.28. The molecule has 3 unspecified atom stereocenters. The van der Waals surface area contributed by atoms with Gasteiger partial charge < -0.3 is 28.8 Å². The van der Waals surface area contributed by atoms with Crippen LogP contribution in [-0.2, 0) is 33.3 Å². The molecule has 1 aliphatic heterocycles. The van der Waals surface area contributed by atoms with E-state index in [0.717, 1.165) is 25.7 Å². The highest BCUT2D eigenvalue weighted by Gasteiger charge is 2.51. The number of esters is 2. The van der Waals surface area contributed by atoms with Crippen LogP contribution in [0.15, 0.2) is 0 Å². The monoisotopic (exact) mass is 362 g/mol. The van der Waals surface area contributed by atoms with Gasteiger partial charge in [-0.2, -0.15) is 0 Å². The van der Waals surface area contributed by atoms with Crippen molar-refractivity contribution in [3.63, 3.8) is 0 Å². The van der Waals surface area contributed by atoms with Crippen LogP contribution < -0.4 is 0 Å². The molecule has 0 bridgehead atoms. The maximum Gasteiger partial charge on any atom is 0.337 e. The second kappa shape index (κ2) is 11.4. The molecule has 8 nitrogen and oxygen atoms in total. The summed E-state index contributed by atoms with van der Waals surface area (Å²) in [5.74, 6) is -1.26. The van der Waals surface area contributed by atoms with E-state index in [9.17, 15) is 14.7 Å². The SMILES string of the molecule is CCCCOC1C(OC(C)=O)[C@H](O)OC(C(=O)OC)[C@H]1OCCCC. The number of aliphatic hydroxyl groups excluding tert-OH is 1. The summed E-state index contributed by atoms with van der Waals surface area (Å²) in [6.45, 7) is 6.02. The average Bonchev–Trinajstić information content (AvgIpc) is 2.58. The van der Waals surface area contributed by atoms with Gasteiger partial charge in [0.1, 0.15) is 12.2 Å². The topological polar surface area (TPSA) is 101 Å². The van der Waals surface area contributed by atoms with Crippen LogP contribution in [0.3, 0.4) is 0 Å². The number of carbonyl (C=O) groups is 2. The summed E-state index contributed by atoms with van der Waals surface area (Å²) < 4.78 is 26.9. The molecule has 1 heterocycles. The van der Waals surface area contributed by atoms with Gasteiger partial charge in [0.2, 0.25) is 0 Å². The lowest BCUT2D eigenvalue weighted by molar-refractivity contribution is -0.298. The zero-order chi connectivity index (χ0) is 18.8. The molecule has 1 aliphatic rings. The molecule has 0 amide bonds. The first-order valence-corrected chi connectivity index (χ1v) is 8.78. The number of hydrogen-bond donors (Lipinski definition) is 1. The molecule has 5 atom stereocenters. The largest absolute Gasteiger partial charge is 0.467 e. The van der Waals surface area contributed by atoms with Gasteiger partial charge in [-0.3, -0.25) is 4.79 Å². The normalized spacial score (nSPS) is 29.2. The average molecular weight is 362 g/mol. The Bertz CT molecular complexity index is 413. The molecular formula is C17H30O8. The standard InChI is InChI=1S/C17H30O8/c1-5-7-9-22-12-13(23-10-8-6-2)15(24-11(3)18)17(20)25-14(12)16(19)21-4/h12-15,17,20H,5-10H2,1-4H3/t12-,13?,14?,15?,17+/m0/s1. The molecule has 0 aromatic heterocycles. The molecule has 1 saturated heterocycles. The van der Waals surface area contributed by atoms with Crippen molar-refractivity contribution in [1.29, 1.82) is 0 Å². The highest BCUT2D eigenvalue weighted by molar-refractivity contribution is 5.75. The van der Waals surface area contributed by atoms with Crippen LogP contribution in [0.5, 0.6) is 0 Å². The Hall–Kier alpha value is -1.22. The number of aliphatic hydroxyl groups is 1. The Kier molecular flexibility index (Phi) is 9.96. The van der Waals surface area contributed by atoms with E-state index in [4.69, 9.17) is 23.7 Å². The molecule has 0 aromatic carbocycles. The predicted octanol–water partition coefficient (Wildman–Crippen LogP) is 1.18. The Morgan fingerprint density at radius 2 is 1.56 bits per heavy atom. The first-order valence-electron chi connectivity index (χ1n) is 8.78. The van der Waals surface area contributed by atoms with E-state index < -0.39 is 42.6 Å². The second-order valence-corrected chi connectivity index (χ2v) is 5.92. The fraction of sp³-hybridized carbons (Fsp3) is 0.882. The lowest BCUT2D eigenvalue weighted by Crippen LogP contribution is -2.62. The number of carbonyl (C=O) groups excluding carboxylic acids is 2. The molecule has 146 valence electrons. The van der Waals surface area contributed by atoms with Gasteiger partial charge in [-0.05, 0) is 12.8 Å². The summed E-state index contributed by atoms with van der Waals surface area (Å²) in [6, 6.07) is 0. The number of hydrogen-bond acceptors (Lipinski definition) is 8. The lowest BCUT2D eigenvalue weighted by Gasteiger charge is -2.42. The summed E-state index contributed by atoms with van der Waals surface area (Å²) in [4.78, 5) is 23.5. The van der Waals surface area contributed by atoms with Crippen LogP contribution in [0, 0.1) is 0 Å². The van der Waals surface area contributed by atoms with Crippen molar-refractivity contribution >= 4 is 11.9 Å². The summed E-state index contributed by atoms with van der Waals surface area (Å²) in [5, 5.41) is 10.2. The number of ether oxygens (including phenoxy) is 5. The van der Waals surface area contributed by atoms with Crippen molar-refractivity contribution in [2.24, 2.45) is 0 Å². The van der Waals surface area contributed by atoms with Gasteiger partial charge in [-0.25, -0.2) is 4.79 Å². The second-order valence-electron chi connectivity index (χ2n) is 5.92. The molecule has 8 heteroatoms. The first kappa shape index (κ1) is 21.8. The zero-order valence-electron chi connectivity index (χ0n) is 15.4. The molecule has 0 aromatic rings. The molecule has 0 aliphatic carbocycles. The Morgan fingerprint density at radius 1 is 1.00 bits per heavy atom. The maximum atomic E-state index is 12.1. The van der Waals surface area contributed by atoms with Crippen molar-refractivity contribution in [1.82, 2.24) is 0 Å². The Balaban J connectivity index is 3.02. The van der Waals surface area contributed by atoms with E-state index in [1.54, 1.807) is 0 Å². The van der Waals surface area contributed by atoms with Gasteiger partial charge in [0.25, 0.3) is 0 Å². The third-order valence-corrected chi connectivity index (χ3v) is 3.86. The number of unbranched alkanes of at least 4 members (excludes halogenated alkanes) is 2. The van der Waals surface area contributed by atoms with Crippen molar-refractivity contribution in [2.45, 2.75) is 77.2 Å². The molecular weight excluding hydrogens is 332 g/mol. The Labute approximate surface area is 148 Å². The van der Waals surface area contributed by atoms with Crippen molar-refractivity contribution in [2.75, 3.05) is 20.3 Å². The van der Waals surface area contributed by atoms with E-state index in [2.05, 4.69) is 0 Å². The highest BCUT2D eigenvalue weighted by atomic mass is 16.7. The Morgan fingerprint density at radius 3 is 2.04 bits per heavy atom. The quantitative estimate of drug-likeness (QED) is 0.457. The van der Waals surface area contributed by atoms with E-state index >= 15 is 0 Å². The van der Waals surface area contributed by atoms with E-state index in [0.29, 0.717) is 13.2 Å². The smallest absolute Gasteiger partial charge is 0.337 e. The van der Waals surface area contributed by atoms with E-state index in [1.807, 2.05) is 13.8 Å². The zero-order valence-corrected chi connectivity index (χ0v) is 15.4. The van der Waals surface area contributed by atoms with Gasteiger partial charge in [-0.15, -0.1) is 0 Å². The fourth-order valence-electron chi connectivity index (χ4n) is 2.55. The van der Waals surface area contributed by atoms with E-state index in [1.165, 1.54) is 14.0 Å². The molecule has 1 fully saturated rings. The molecule has 0 saturated carbocycles. The van der Waals surface area contributed by atoms with Gasteiger partial charge in [0, 0.05) is 20.1 Å². The third kappa shape index (κ3) is 6.54. The van der Waals surface area contributed by atoms with Crippen LogP contribution in [-0.4, -0.2) is 68.1 Å². The minimum Gasteiger partial charge on any atom is -0.467 e. The molecule has 25 heavy (non-hydrogen) atoms. The summed E-state index contributed by atoms with van der Waals surface area (Å²) in [6.07, 6.45) is -2.04. The summed E-state index contributed by atoms with van der Waals surface area (Å²) in [7, 11) is 1.23. The minimum absolute atomic E-state index is 0.382. The maximum absolute atomic E-state index is 12.1.